The number of carbonyl (C=O) groups excluding carboxylic acids is 1. The molecule has 1 aromatic carbocycles. The van der Waals surface area contributed by atoms with Crippen LogP contribution in [0.25, 0.3) is 0 Å². The lowest BCUT2D eigenvalue weighted by Gasteiger charge is -2.51. The van der Waals surface area contributed by atoms with E-state index < -0.39 is 5.97 Å². The fraction of sp³-hybridized carbons (Fsp3) is 0.652. The van der Waals surface area contributed by atoms with Crippen molar-refractivity contribution in [2.24, 2.45) is 11.8 Å². The van der Waals surface area contributed by atoms with Gasteiger partial charge in [0.25, 0.3) is 0 Å². The molecule has 0 aromatic heterocycles. The van der Waals surface area contributed by atoms with Gasteiger partial charge in [-0.05, 0) is 63.1 Å². The average Bonchev–Trinajstić information content (AvgIpc) is 2.69. The Hall–Kier alpha value is -1.88. The van der Waals surface area contributed by atoms with Crippen LogP contribution in [0.2, 0.25) is 0 Å². The topological polar surface area (TPSA) is 69.6 Å². The van der Waals surface area contributed by atoms with Crippen molar-refractivity contribution in [3.8, 4) is 0 Å². The molecule has 3 rings (SSSR count). The third kappa shape index (κ3) is 4.57. The van der Waals surface area contributed by atoms with Crippen molar-refractivity contribution in [2.75, 3.05) is 0 Å². The molecule has 1 heterocycles. The lowest BCUT2D eigenvalue weighted by molar-refractivity contribution is -0.134. The molecule has 5 atom stereocenters. The van der Waals surface area contributed by atoms with Gasteiger partial charge in [0.2, 0.25) is 5.91 Å². The highest BCUT2D eigenvalue weighted by Gasteiger charge is 2.45. The maximum absolute atomic E-state index is 13.0. The van der Waals surface area contributed by atoms with Gasteiger partial charge in [0, 0.05) is 30.6 Å². The van der Waals surface area contributed by atoms with Crippen LogP contribution in [0.3, 0.4) is 0 Å². The zero-order chi connectivity index (χ0) is 20.3. The van der Waals surface area contributed by atoms with Crippen LogP contribution in [0.1, 0.15) is 75.2 Å². The van der Waals surface area contributed by atoms with Crippen LogP contribution in [0.15, 0.2) is 24.3 Å². The molecule has 1 saturated heterocycles. The summed E-state index contributed by atoms with van der Waals surface area (Å²) in [7, 11) is 0. The van der Waals surface area contributed by atoms with Crippen molar-refractivity contribution in [1.82, 2.24) is 10.2 Å². The van der Waals surface area contributed by atoms with Crippen molar-refractivity contribution < 1.29 is 14.7 Å². The van der Waals surface area contributed by atoms with Crippen LogP contribution in [0.5, 0.6) is 0 Å². The first kappa shape index (κ1) is 20.8. The van der Waals surface area contributed by atoms with Gasteiger partial charge < -0.3 is 10.4 Å². The van der Waals surface area contributed by atoms with Crippen LogP contribution in [-0.2, 0) is 11.3 Å². The summed E-state index contributed by atoms with van der Waals surface area (Å²) in [5.74, 6) is -0.163. The average molecular weight is 387 g/mol. The Bertz CT molecular complexity index is 705. The fourth-order valence-corrected chi connectivity index (χ4v) is 5.07. The molecule has 1 aromatic rings. The summed E-state index contributed by atoms with van der Waals surface area (Å²) in [6.45, 7) is 7.15. The zero-order valence-electron chi connectivity index (χ0n) is 17.4. The number of carbonyl (C=O) groups is 2. The van der Waals surface area contributed by atoms with E-state index >= 15 is 0 Å². The Kier molecular flexibility index (Phi) is 6.76. The normalized spacial score (nSPS) is 29.0. The summed E-state index contributed by atoms with van der Waals surface area (Å²) in [6, 6.07) is 8.20. The van der Waals surface area contributed by atoms with Crippen molar-refractivity contribution >= 4 is 11.9 Å². The number of piperidine rings is 1. The predicted octanol–water partition coefficient (Wildman–Crippen LogP) is 4.07. The number of hydrogen-bond acceptors (Lipinski definition) is 3. The number of carboxylic acid groups (broad SMARTS) is 1. The first-order valence-electron chi connectivity index (χ1n) is 10.8. The maximum atomic E-state index is 13.0. The van der Waals surface area contributed by atoms with E-state index in [0.717, 1.165) is 37.8 Å². The number of benzene rings is 1. The molecule has 2 fully saturated rings. The largest absolute Gasteiger partial charge is 0.478 e. The number of rotatable bonds is 6. The van der Waals surface area contributed by atoms with Crippen LogP contribution in [0.4, 0.5) is 0 Å². The number of nitrogens with one attached hydrogen (secondary N) is 1. The molecule has 28 heavy (non-hydrogen) atoms. The first-order chi connectivity index (χ1) is 13.4. The molecule has 0 bridgehead atoms. The monoisotopic (exact) mass is 386 g/mol. The molecule has 2 aliphatic rings. The highest BCUT2D eigenvalue weighted by atomic mass is 16.4. The summed E-state index contributed by atoms with van der Waals surface area (Å²) in [6.07, 6.45) is 6.48. The Morgan fingerprint density at radius 2 is 2.04 bits per heavy atom. The minimum atomic E-state index is -0.883. The van der Waals surface area contributed by atoms with Gasteiger partial charge >= 0.3 is 5.97 Å². The van der Waals surface area contributed by atoms with Crippen LogP contribution in [-0.4, -0.2) is 40.0 Å². The van der Waals surface area contributed by atoms with Gasteiger partial charge in [-0.2, -0.15) is 0 Å². The highest BCUT2D eigenvalue weighted by Crippen LogP contribution is 2.42. The zero-order valence-corrected chi connectivity index (χ0v) is 17.4. The first-order valence-corrected chi connectivity index (χ1v) is 10.8. The summed E-state index contributed by atoms with van der Waals surface area (Å²) in [5.41, 5.74) is 1.38. The van der Waals surface area contributed by atoms with Gasteiger partial charge in [-0.3, -0.25) is 9.69 Å². The van der Waals surface area contributed by atoms with Gasteiger partial charge in [-0.1, -0.05) is 31.9 Å². The quantitative estimate of drug-likeness (QED) is 0.773. The molecule has 5 heteroatoms. The summed E-state index contributed by atoms with van der Waals surface area (Å²) < 4.78 is 0. The summed E-state index contributed by atoms with van der Waals surface area (Å²) in [4.78, 5) is 26.8. The number of likely N-dealkylation sites (tertiary alicyclic amines) is 1. The molecule has 0 radical (unpaired) electrons. The third-order valence-electron chi connectivity index (χ3n) is 6.76. The fourth-order valence-electron chi connectivity index (χ4n) is 5.07. The number of aromatic carboxylic acids is 1. The third-order valence-corrected chi connectivity index (χ3v) is 6.76. The van der Waals surface area contributed by atoms with E-state index in [2.05, 4.69) is 31.0 Å². The van der Waals surface area contributed by atoms with Gasteiger partial charge in [0.15, 0.2) is 0 Å². The minimum Gasteiger partial charge on any atom is -0.478 e. The second-order valence-electron chi connectivity index (χ2n) is 8.70. The van der Waals surface area contributed by atoms with E-state index in [4.69, 9.17) is 0 Å². The second-order valence-corrected chi connectivity index (χ2v) is 8.70. The maximum Gasteiger partial charge on any atom is 0.335 e. The number of nitrogens with zero attached hydrogens (tertiary/aromatic N) is 1. The van der Waals surface area contributed by atoms with Crippen molar-refractivity contribution in [3.05, 3.63) is 35.4 Å². The van der Waals surface area contributed by atoms with E-state index in [1.165, 1.54) is 12.8 Å². The smallest absolute Gasteiger partial charge is 0.335 e. The van der Waals surface area contributed by atoms with Crippen molar-refractivity contribution in [3.63, 3.8) is 0 Å². The number of amides is 1. The predicted molar refractivity (Wildman–Crippen MR) is 110 cm³/mol. The minimum absolute atomic E-state index is 0.0934. The van der Waals surface area contributed by atoms with E-state index in [0.29, 0.717) is 23.6 Å². The Morgan fingerprint density at radius 3 is 2.75 bits per heavy atom. The van der Waals surface area contributed by atoms with Crippen LogP contribution in [0, 0.1) is 11.8 Å². The van der Waals surface area contributed by atoms with Gasteiger partial charge in [-0.15, -0.1) is 0 Å². The molecule has 5 unspecified atom stereocenters. The second kappa shape index (κ2) is 9.08. The molecule has 5 nitrogen and oxygen atoms in total. The Morgan fingerprint density at radius 1 is 1.29 bits per heavy atom. The Balaban J connectivity index is 1.78. The van der Waals surface area contributed by atoms with Gasteiger partial charge in [0.1, 0.15) is 0 Å². The number of fused-ring (bicyclic) bond motifs is 1. The summed E-state index contributed by atoms with van der Waals surface area (Å²) in [5, 5.41) is 12.5. The lowest BCUT2D eigenvalue weighted by atomic mass is 9.69. The lowest BCUT2D eigenvalue weighted by Crippen LogP contribution is -2.57. The van der Waals surface area contributed by atoms with Gasteiger partial charge in [0.05, 0.1) is 5.56 Å². The van der Waals surface area contributed by atoms with Crippen LogP contribution >= 0.6 is 0 Å². The number of carboxylic acids is 1. The van der Waals surface area contributed by atoms with Crippen molar-refractivity contribution in [1.29, 1.82) is 0 Å². The van der Waals surface area contributed by atoms with Gasteiger partial charge in [-0.25, -0.2) is 4.79 Å². The molecule has 1 aliphatic carbocycles. The standard InChI is InChI=1S/C23H34N2O3/c1-4-15(2)24-22(26)20-12-16(3)25(21-11-6-5-10-19(20)21)14-17-8-7-9-18(13-17)23(27)28/h7-9,13,15-16,19-21H,4-6,10-12,14H2,1-3H3,(H,24,26)(H,27,28). The molecular weight excluding hydrogens is 352 g/mol. The van der Waals surface area contributed by atoms with Crippen LogP contribution < -0.4 is 5.32 Å². The van der Waals surface area contributed by atoms with E-state index in [9.17, 15) is 14.7 Å². The SMILES string of the molecule is CCC(C)NC(=O)C1CC(C)N(Cc2cccc(C(=O)O)c2)C2CCCCC12. The molecule has 1 saturated carbocycles. The Labute approximate surface area is 168 Å². The molecule has 154 valence electrons. The van der Waals surface area contributed by atoms with E-state index in [1.54, 1.807) is 12.1 Å². The molecule has 1 aliphatic heterocycles. The number of hydrogen-bond donors (Lipinski definition) is 2. The van der Waals surface area contributed by atoms with Crippen molar-refractivity contribution in [2.45, 2.75) is 84.0 Å². The molecule has 2 N–H and O–H groups in total. The van der Waals surface area contributed by atoms with E-state index in [-0.39, 0.29) is 17.9 Å². The molecule has 1 amide bonds. The summed E-state index contributed by atoms with van der Waals surface area (Å²) >= 11 is 0. The molecule has 0 spiro atoms. The highest BCUT2D eigenvalue weighted by molar-refractivity contribution is 5.87. The molecular formula is C23H34N2O3. The van der Waals surface area contributed by atoms with E-state index in [1.807, 2.05) is 12.1 Å².